The van der Waals surface area contributed by atoms with E-state index < -0.39 is 24.3 Å². The van der Waals surface area contributed by atoms with Crippen molar-refractivity contribution in [3.8, 4) is 20.6 Å². The number of imidazole rings is 2. The molecule has 0 bridgehead atoms. The number of hydrogen-bond donors (Lipinski definition) is 4. The van der Waals surface area contributed by atoms with E-state index in [1.807, 2.05) is 44.7 Å². The molecule has 4 atom stereocenters. The topological polar surface area (TPSA) is 198 Å². The molecule has 8 rings (SSSR count). The number of likely N-dealkylation sites (N-methyl/N-ethyl adjacent to an activating group) is 1. The number of H-pyrrole nitrogens is 2. The van der Waals surface area contributed by atoms with Crippen LogP contribution in [0.4, 0.5) is 9.59 Å². The first-order valence-electron chi connectivity index (χ1n) is 19.6. The predicted molar refractivity (Wildman–Crippen MR) is 218 cm³/mol. The number of likely N-dealkylation sites (tertiary alicyclic amines) is 2. The maximum Gasteiger partial charge on any atom is 0.409 e. The third-order valence-electron chi connectivity index (χ3n) is 11.4. The molecule has 0 spiro atoms. The van der Waals surface area contributed by atoms with Crippen molar-refractivity contribution in [1.29, 1.82) is 5.41 Å². The van der Waals surface area contributed by atoms with E-state index >= 15 is 0 Å². The summed E-state index contributed by atoms with van der Waals surface area (Å²) >= 11 is 3.16. The number of aromatic nitrogens is 6. The number of hydrogen-bond acceptors (Lipinski definition) is 12. The van der Waals surface area contributed by atoms with Crippen LogP contribution in [0.3, 0.4) is 0 Å². The predicted octanol–water partition coefficient (Wildman–Crippen LogP) is 6.67. The lowest BCUT2D eigenvalue weighted by Gasteiger charge is -2.34. The molecule has 302 valence electrons. The highest BCUT2D eigenvalue weighted by atomic mass is 32.1. The first-order valence-corrected chi connectivity index (χ1v) is 21.2. The number of fused-ring (bicyclic) bond motifs is 6. The highest BCUT2D eigenvalue weighted by molar-refractivity contribution is 7.27. The van der Waals surface area contributed by atoms with Crippen LogP contribution >= 0.6 is 22.7 Å². The molecule has 0 radical (unpaired) electrons. The molecule has 16 nitrogen and oxygen atoms in total. The van der Waals surface area contributed by atoms with Gasteiger partial charge in [0.25, 0.3) is 0 Å². The lowest BCUT2D eigenvalue weighted by molar-refractivity contribution is -0.138. The van der Waals surface area contributed by atoms with Crippen molar-refractivity contribution in [3.05, 3.63) is 35.2 Å². The summed E-state index contributed by atoms with van der Waals surface area (Å²) in [6.45, 7) is 9.14. The lowest BCUT2D eigenvalue weighted by Crippen LogP contribution is -2.51. The Morgan fingerprint density at radius 1 is 0.895 bits per heavy atom. The Balaban J connectivity index is 1.05. The summed E-state index contributed by atoms with van der Waals surface area (Å²) in [5.41, 5.74) is 5.52. The van der Waals surface area contributed by atoms with Crippen molar-refractivity contribution in [2.75, 3.05) is 34.4 Å². The van der Waals surface area contributed by atoms with Crippen LogP contribution in [0.5, 0.6) is 0 Å². The second kappa shape index (κ2) is 15.3. The average molecular weight is 816 g/mol. The van der Waals surface area contributed by atoms with Gasteiger partial charge in [0.15, 0.2) is 10.0 Å². The summed E-state index contributed by atoms with van der Waals surface area (Å²) in [6, 6.07) is 2.51. The normalized spacial score (nSPS) is 19.0. The number of alkyl carbamates (subject to hydrolysis) is 1. The first-order chi connectivity index (χ1) is 27.4. The molecule has 0 saturated carbocycles. The van der Waals surface area contributed by atoms with Gasteiger partial charge in [-0.25, -0.2) is 29.5 Å². The Bertz CT molecular complexity index is 2360. The van der Waals surface area contributed by atoms with Gasteiger partial charge >= 0.3 is 12.2 Å². The second-order valence-electron chi connectivity index (χ2n) is 15.7. The van der Waals surface area contributed by atoms with E-state index in [0.29, 0.717) is 18.9 Å². The Hall–Kier alpha value is -5.10. The van der Waals surface area contributed by atoms with Gasteiger partial charge in [-0.05, 0) is 62.5 Å². The number of rotatable bonds is 9. The van der Waals surface area contributed by atoms with E-state index in [9.17, 15) is 14.4 Å². The molecular weight excluding hydrogens is 767 g/mol. The van der Waals surface area contributed by atoms with Crippen molar-refractivity contribution in [3.63, 3.8) is 0 Å². The van der Waals surface area contributed by atoms with Crippen LogP contribution in [-0.4, -0.2) is 115 Å². The van der Waals surface area contributed by atoms with Crippen LogP contribution in [0.15, 0.2) is 12.1 Å². The Morgan fingerprint density at radius 2 is 1.60 bits per heavy atom. The second-order valence-corrected chi connectivity index (χ2v) is 17.7. The third kappa shape index (κ3) is 6.89. The molecule has 3 aliphatic rings. The fourth-order valence-corrected chi connectivity index (χ4v) is 10.8. The molecule has 18 heteroatoms. The van der Waals surface area contributed by atoms with Gasteiger partial charge in [-0.15, -0.1) is 22.7 Å². The van der Waals surface area contributed by atoms with Gasteiger partial charge in [0.05, 0.1) is 58.6 Å². The molecule has 4 aromatic heterocycles. The number of amides is 3. The maximum absolute atomic E-state index is 14.0. The Labute approximate surface area is 338 Å². The molecule has 3 amide bonds. The highest BCUT2D eigenvalue weighted by Crippen LogP contribution is 2.44. The molecule has 57 heavy (non-hydrogen) atoms. The van der Waals surface area contributed by atoms with Gasteiger partial charge in [-0.1, -0.05) is 27.7 Å². The summed E-state index contributed by atoms with van der Waals surface area (Å²) in [4.78, 5) is 72.3. The zero-order valence-electron chi connectivity index (χ0n) is 33.3. The molecule has 6 heterocycles. The molecule has 4 unspecified atom stereocenters. The summed E-state index contributed by atoms with van der Waals surface area (Å²) in [5, 5.41) is 13.6. The minimum absolute atomic E-state index is 0.00782. The van der Waals surface area contributed by atoms with Crippen LogP contribution < -0.4 is 5.32 Å². The number of nitrogens with one attached hydrogen (secondary N) is 4. The fraction of sp³-hybridized carbons (Fsp3) is 0.538. The summed E-state index contributed by atoms with van der Waals surface area (Å²) < 4.78 is 10.7. The zero-order chi connectivity index (χ0) is 40.3. The molecule has 2 aliphatic heterocycles. The van der Waals surface area contributed by atoms with E-state index in [1.54, 1.807) is 29.7 Å². The standard InChI is InChI=1S/C39H49N11O5S2/c1-18(2)26(47-38(52)54-6)32(40)49-16-8-10-24(49)33-41-20-12-14-22-30(27(20)45-33)56-35(43-22)36-44-23-15-13-21-28(31(23)57-36)46-34(42-21)25-11-9-17-50(25)37(51)29(19(3)4)48(5)39(53)55-7/h13,15,18-19,24-26,29,40H,8-12,14,16-17H2,1-7H3,(H,41,45)(H,42,46)(H,47,52). The molecule has 4 N–H and O–H groups in total. The largest absolute Gasteiger partial charge is 0.453 e. The van der Waals surface area contributed by atoms with Gasteiger partial charge in [-0.3, -0.25) is 15.1 Å². The van der Waals surface area contributed by atoms with Crippen LogP contribution in [0.1, 0.15) is 88.5 Å². The van der Waals surface area contributed by atoms with Gasteiger partial charge in [0.1, 0.15) is 34.7 Å². The SMILES string of the molecule is COC(=O)NC(C(=N)N1CCCC1c1nc2c([nH]1)CCc1nc(-c3nc4ccc5[nH]c(C6CCCN6C(=O)C(C(C)C)N(C)C(=O)OC)nc5c4s3)sc1-2)C(C)C. The number of carbonyl (C=O) groups excluding carboxylic acids is 3. The molecule has 5 aromatic rings. The Kier molecular flexibility index (Phi) is 10.4. The average Bonchev–Trinajstić information content (AvgIpc) is 4.04. The number of thiazole rings is 2. The number of methoxy groups -OCH3 is 2. The first kappa shape index (κ1) is 38.8. The lowest BCUT2D eigenvalue weighted by atomic mass is 10.0. The van der Waals surface area contributed by atoms with Gasteiger partial charge in [0.2, 0.25) is 5.91 Å². The van der Waals surface area contributed by atoms with Crippen LogP contribution in [0.2, 0.25) is 0 Å². The maximum atomic E-state index is 14.0. The van der Waals surface area contributed by atoms with Gasteiger partial charge < -0.3 is 34.6 Å². The number of nitrogens with zero attached hydrogens (tertiary/aromatic N) is 7. The van der Waals surface area contributed by atoms with Crippen molar-refractivity contribution >= 4 is 67.9 Å². The van der Waals surface area contributed by atoms with Gasteiger partial charge in [0, 0.05) is 25.8 Å². The van der Waals surface area contributed by atoms with Crippen molar-refractivity contribution in [2.24, 2.45) is 11.8 Å². The minimum atomic E-state index is -0.655. The number of amidine groups is 1. The van der Waals surface area contributed by atoms with E-state index in [0.717, 1.165) is 103 Å². The fourth-order valence-electron chi connectivity index (χ4n) is 8.62. The number of benzene rings is 1. The molecule has 2 saturated heterocycles. The quantitative estimate of drug-likeness (QED) is 0.0921. The number of ether oxygens (including phenoxy) is 2. The van der Waals surface area contributed by atoms with Crippen molar-refractivity contribution in [2.45, 2.75) is 90.4 Å². The van der Waals surface area contributed by atoms with Crippen LogP contribution in [0, 0.1) is 17.2 Å². The van der Waals surface area contributed by atoms with Crippen LogP contribution in [0.25, 0.3) is 41.8 Å². The van der Waals surface area contributed by atoms with E-state index in [1.165, 1.54) is 19.1 Å². The minimum Gasteiger partial charge on any atom is -0.453 e. The monoisotopic (exact) mass is 815 g/mol. The highest BCUT2D eigenvalue weighted by Gasteiger charge is 2.41. The smallest absolute Gasteiger partial charge is 0.409 e. The molecule has 2 fully saturated rings. The summed E-state index contributed by atoms with van der Waals surface area (Å²) in [6.07, 6.45) is 3.86. The zero-order valence-corrected chi connectivity index (χ0v) is 34.9. The third-order valence-corrected chi connectivity index (χ3v) is 13.8. The van der Waals surface area contributed by atoms with E-state index in [2.05, 4.69) is 20.2 Å². The molecule has 1 aromatic carbocycles. The van der Waals surface area contributed by atoms with Crippen molar-refractivity contribution in [1.82, 2.24) is 49.9 Å². The molecular formula is C39H49N11O5S2. The Morgan fingerprint density at radius 3 is 2.30 bits per heavy atom. The van der Waals surface area contributed by atoms with E-state index in [-0.39, 0.29) is 29.8 Å². The number of aromatic amines is 2. The molecule has 1 aliphatic carbocycles. The summed E-state index contributed by atoms with van der Waals surface area (Å²) in [7, 11) is 4.27. The van der Waals surface area contributed by atoms with Crippen LogP contribution in [-0.2, 0) is 27.1 Å². The van der Waals surface area contributed by atoms with Crippen molar-refractivity contribution < 1.29 is 23.9 Å². The summed E-state index contributed by atoms with van der Waals surface area (Å²) in [5.74, 6) is 1.71. The number of carbonyl (C=O) groups is 3. The van der Waals surface area contributed by atoms with Gasteiger partial charge in [-0.2, -0.15) is 0 Å². The van der Waals surface area contributed by atoms with E-state index in [4.69, 9.17) is 34.8 Å². The number of aryl methyl sites for hydroxylation is 2.